The number of hydrogen-bond donors (Lipinski definition) is 1. The molecule has 0 saturated carbocycles. The Kier molecular flexibility index (Phi) is 5.30. The molecule has 8 nitrogen and oxygen atoms in total. The highest BCUT2D eigenvalue weighted by Gasteiger charge is 2.17. The summed E-state index contributed by atoms with van der Waals surface area (Å²) < 4.78 is 30.5. The van der Waals surface area contributed by atoms with Gasteiger partial charge in [0, 0.05) is 24.4 Å². The highest BCUT2D eigenvalue weighted by Crippen LogP contribution is 2.25. The fourth-order valence-electron chi connectivity index (χ4n) is 3.30. The fourth-order valence-corrected chi connectivity index (χ4v) is 3.30. The molecule has 0 amide bonds. The highest BCUT2D eigenvalue weighted by atomic mass is 19.1. The van der Waals surface area contributed by atoms with Gasteiger partial charge in [-0.05, 0) is 47.5 Å². The van der Waals surface area contributed by atoms with Crippen molar-refractivity contribution in [3.05, 3.63) is 87.7 Å². The number of H-pyrrole nitrogens is 1. The van der Waals surface area contributed by atoms with Crippen LogP contribution in [0.25, 0.3) is 23.5 Å². The summed E-state index contributed by atoms with van der Waals surface area (Å²) in [6.07, 6.45) is 6.94. The van der Waals surface area contributed by atoms with Gasteiger partial charge in [-0.1, -0.05) is 11.2 Å². The maximum Gasteiger partial charge on any atom is 0.259 e. The molecular weight excluding hydrogens is 415 g/mol. The van der Waals surface area contributed by atoms with Crippen molar-refractivity contribution in [2.24, 2.45) is 0 Å². The smallest absolute Gasteiger partial charge is 0.259 e. The topological polar surface area (TPSA) is 103 Å². The SMILES string of the molecule is O=c1[nH]c2c(cc1-c1noc(/C=C/c3ccc(Oc4cccnc4)c(F)c3)n1)COCC2. The van der Waals surface area contributed by atoms with Gasteiger partial charge in [-0.3, -0.25) is 9.78 Å². The summed E-state index contributed by atoms with van der Waals surface area (Å²) in [4.78, 5) is 23.4. The van der Waals surface area contributed by atoms with Crippen LogP contribution >= 0.6 is 0 Å². The summed E-state index contributed by atoms with van der Waals surface area (Å²) in [5.74, 6) is 0.364. The molecule has 1 N–H and O–H groups in total. The molecule has 0 unspecified atom stereocenters. The number of aromatic amines is 1. The molecule has 4 aromatic rings. The van der Waals surface area contributed by atoms with E-state index in [9.17, 15) is 9.18 Å². The number of ether oxygens (including phenoxy) is 2. The largest absolute Gasteiger partial charge is 0.453 e. The average molecular weight is 432 g/mol. The van der Waals surface area contributed by atoms with Crippen LogP contribution in [0.3, 0.4) is 0 Å². The van der Waals surface area contributed by atoms with Crippen LogP contribution in [0, 0.1) is 5.82 Å². The molecule has 0 aliphatic carbocycles. The van der Waals surface area contributed by atoms with Gasteiger partial charge in [0.1, 0.15) is 5.75 Å². The van der Waals surface area contributed by atoms with Crippen molar-refractivity contribution in [1.82, 2.24) is 20.1 Å². The lowest BCUT2D eigenvalue weighted by atomic mass is 10.1. The van der Waals surface area contributed by atoms with E-state index in [1.165, 1.54) is 18.3 Å². The van der Waals surface area contributed by atoms with E-state index in [1.807, 2.05) is 0 Å². The predicted octanol–water partition coefficient (Wildman–Crippen LogP) is 3.99. The Morgan fingerprint density at radius 2 is 2.12 bits per heavy atom. The second kappa shape index (κ2) is 8.56. The number of aromatic nitrogens is 4. The number of nitrogens with one attached hydrogen (secondary N) is 1. The van der Waals surface area contributed by atoms with Gasteiger partial charge in [-0.15, -0.1) is 0 Å². The van der Waals surface area contributed by atoms with Crippen molar-refractivity contribution in [1.29, 1.82) is 0 Å². The third-order valence-corrected chi connectivity index (χ3v) is 4.89. The third kappa shape index (κ3) is 4.19. The molecule has 0 radical (unpaired) electrons. The number of pyridine rings is 2. The van der Waals surface area contributed by atoms with Crippen LogP contribution in [-0.4, -0.2) is 26.7 Å². The van der Waals surface area contributed by atoms with Crippen LogP contribution in [0.2, 0.25) is 0 Å². The van der Waals surface area contributed by atoms with Crippen LogP contribution < -0.4 is 10.3 Å². The molecular formula is C23H17FN4O4. The van der Waals surface area contributed by atoms with Gasteiger partial charge < -0.3 is 19.0 Å². The van der Waals surface area contributed by atoms with Crippen LogP contribution in [0.5, 0.6) is 11.5 Å². The number of halogens is 1. The van der Waals surface area contributed by atoms with Crippen molar-refractivity contribution in [3.63, 3.8) is 0 Å². The van der Waals surface area contributed by atoms with Crippen molar-refractivity contribution >= 4 is 12.2 Å². The summed E-state index contributed by atoms with van der Waals surface area (Å²) in [6.45, 7) is 1.01. The van der Waals surface area contributed by atoms with Crippen molar-refractivity contribution in [3.8, 4) is 22.9 Å². The molecule has 0 spiro atoms. The summed E-state index contributed by atoms with van der Waals surface area (Å²) >= 11 is 0. The predicted molar refractivity (Wildman–Crippen MR) is 113 cm³/mol. The summed E-state index contributed by atoms with van der Waals surface area (Å²) in [6, 6.07) is 9.66. The quantitative estimate of drug-likeness (QED) is 0.508. The Morgan fingerprint density at radius 1 is 1.19 bits per heavy atom. The van der Waals surface area contributed by atoms with E-state index >= 15 is 0 Å². The number of nitrogens with zero attached hydrogens (tertiary/aromatic N) is 3. The molecule has 32 heavy (non-hydrogen) atoms. The van der Waals surface area contributed by atoms with E-state index < -0.39 is 5.82 Å². The molecule has 3 aromatic heterocycles. The first-order valence-corrected chi connectivity index (χ1v) is 9.88. The van der Waals surface area contributed by atoms with Crippen LogP contribution in [0.15, 0.2) is 58.1 Å². The lowest BCUT2D eigenvalue weighted by Gasteiger charge is -2.15. The van der Waals surface area contributed by atoms with Gasteiger partial charge >= 0.3 is 0 Å². The van der Waals surface area contributed by atoms with Gasteiger partial charge in [-0.2, -0.15) is 4.98 Å². The Hall–Kier alpha value is -4.11. The molecule has 4 heterocycles. The first kappa shape index (κ1) is 19.8. The lowest BCUT2D eigenvalue weighted by Crippen LogP contribution is -2.19. The molecule has 1 aliphatic rings. The molecule has 5 rings (SSSR count). The molecule has 0 saturated heterocycles. The van der Waals surface area contributed by atoms with Crippen molar-refractivity contribution < 1.29 is 18.4 Å². The van der Waals surface area contributed by atoms with Gasteiger partial charge in [0.15, 0.2) is 11.6 Å². The molecule has 9 heteroatoms. The second-order valence-corrected chi connectivity index (χ2v) is 7.09. The van der Waals surface area contributed by atoms with Gasteiger partial charge in [0.2, 0.25) is 5.82 Å². The zero-order valence-electron chi connectivity index (χ0n) is 16.7. The first-order valence-electron chi connectivity index (χ1n) is 9.88. The summed E-state index contributed by atoms with van der Waals surface area (Å²) in [5.41, 5.74) is 2.36. The third-order valence-electron chi connectivity index (χ3n) is 4.89. The number of benzene rings is 1. The molecule has 0 fully saturated rings. The van der Waals surface area contributed by atoms with Crippen molar-refractivity contribution in [2.45, 2.75) is 13.0 Å². The zero-order chi connectivity index (χ0) is 21.9. The van der Waals surface area contributed by atoms with Gasteiger partial charge in [0.25, 0.3) is 11.4 Å². The normalized spacial score (nSPS) is 13.3. The van der Waals surface area contributed by atoms with E-state index in [2.05, 4.69) is 20.1 Å². The molecule has 160 valence electrons. The lowest BCUT2D eigenvalue weighted by molar-refractivity contribution is 0.109. The van der Waals surface area contributed by atoms with Crippen LogP contribution in [0.1, 0.15) is 22.7 Å². The highest BCUT2D eigenvalue weighted by molar-refractivity contribution is 5.67. The van der Waals surface area contributed by atoms with Crippen LogP contribution in [0.4, 0.5) is 4.39 Å². The standard InChI is InChI=1S/C23H17FN4O4/c24-18-10-14(3-5-20(18)31-16-2-1-8-25-12-16)4-6-21-27-22(28-32-21)17-11-15-13-30-9-7-19(15)26-23(17)29/h1-6,8,10-12H,7,9,13H2,(H,26,29)/b6-4+. The monoisotopic (exact) mass is 432 g/mol. The van der Waals surface area contributed by atoms with E-state index in [0.29, 0.717) is 36.5 Å². The Labute approximate surface area is 181 Å². The number of hydrogen-bond acceptors (Lipinski definition) is 7. The minimum atomic E-state index is -0.523. The maximum atomic E-state index is 14.4. The average Bonchev–Trinajstić information content (AvgIpc) is 3.28. The van der Waals surface area contributed by atoms with E-state index in [4.69, 9.17) is 14.0 Å². The molecule has 1 aromatic carbocycles. The first-order chi connectivity index (χ1) is 15.7. The maximum absolute atomic E-state index is 14.4. The molecule has 0 atom stereocenters. The zero-order valence-corrected chi connectivity index (χ0v) is 16.7. The molecule has 1 aliphatic heterocycles. The number of fused-ring (bicyclic) bond motifs is 1. The second-order valence-electron chi connectivity index (χ2n) is 7.09. The van der Waals surface area contributed by atoms with Crippen molar-refractivity contribution in [2.75, 3.05) is 6.61 Å². The fraction of sp³-hybridized carbons (Fsp3) is 0.130. The van der Waals surface area contributed by atoms with E-state index in [1.54, 1.807) is 42.6 Å². The Balaban J connectivity index is 1.33. The molecule has 0 bridgehead atoms. The summed E-state index contributed by atoms with van der Waals surface area (Å²) in [5, 5.41) is 3.89. The Morgan fingerprint density at radius 3 is 2.97 bits per heavy atom. The minimum absolute atomic E-state index is 0.0887. The van der Waals surface area contributed by atoms with Gasteiger partial charge in [0.05, 0.1) is 25.0 Å². The summed E-state index contributed by atoms with van der Waals surface area (Å²) in [7, 11) is 0. The van der Waals surface area contributed by atoms with E-state index in [0.717, 1.165) is 11.3 Å². The minimum Gasteiger partial charge on any atom is -0.453 e. The Bertz CT molecular complexity index is 1350. The van der Waals surface area contributed by atoms with Gasteiger partial charge in [-0.25, -0.2) is 4.39 Å². The van der Waals surface area contributed by atoms with E-state index in [-0.39, 0.29) is 23.0 Å². The number of rotatable bonds is 5. The van der Waals surface area contributed by atoms with Crippen LogP contribution in [-0.2, 0) is 17.8 Å².